The van der Waals surface area contributed by atoms with E-state index >= 15 is 0 Å². The van der Waals surface area contributed by atoms with Gasteiger partial charge in [-0.2, -0.15) is 0 Å². The monoisotopic (exact) mass is 345 g/mol. The molecule has 0 spiro atoms. The molecule has 3 N–H and O–H groups in total. The molecule has 138 valence electrons. The number of rotatable bonds is 1. The number of oxime groups is 1. The molecule has 4 aliphatic rings. The molecule has 25 heavy (non-hydrogen) atoms. The molecule has 7 atom stereocenters. The Labute approximate surface area is 150 Å². The lowest BCUT2D eigenvalue weighted by molar-refractivity contribution is -0.0959. The molecule has 2 saturated carbocycles. The predicted molar refractivity (Wildman–Crippen MR) is 97.5 cm³/mol. The molecule has 0 saturated heterocycles. The van der Waals surface area contributed by atoms with Crippen LogP contribution in [0.3, 0.4) is 0 Å². The highest BCUT2D eigenvalue weighted by atomic mass is 16.4. The van der Waals surface area contributed by atoms with E-state index < -0.39 is 12.2 Å². The van der Waals surface area contributed by atoms with Crippen molar-refractivity contribution in [1.82, 2.24) is 0 Å². The molecular weight excluding hydrogens is 314 g/mol. The highest BCUT2D eigenvalue weighted by molar-refractivity contribution is 5.99. The van der Waals surface area contributed by atoms with Crippen molar-refractivity contribution in [2.45, 2.75) is 71.5 Å². The molecule has 4 nitrogen and oxygen atoms in total. The Morgan fingerprint density at radius 3 is 2.64 bits per heavy atom. The standard InChI is InChI=1S/C21H31NO3/c1-12(22-25)16-6-7-17-15-5-4-13-10-14(23)11-19(24)21(13,3)18(15)8-9-20(16,17)2/h4,6,14-15,17-19,23-25H,5,7-11H2,1-3H3/b22-12+/t14-,15+,17+,18+,19-,20+,21-/m0/s1. The molecule has 0 heterocycles. The Balaban J connectivity index is 1.69. The van der Waals surface area contributed by atoms with Crippen LogP contribution in [0.1, 0.15) is 59.3 Å². The zero-order chi connectivity index (χ0) is 18.0. The predicted octanol–water partition coefficient (Wildman–Crippen LogP) is 3.67. The van der Waals surface area contributed by atoms with Crippen LogP contribution >= 0.6 is 0 Å². The summed E-state index contributed by atoms with van der Waals surface area (Å²) in [7, 11) is 0. The summed E-state index contributed by atoms with van der Waals surface area (Å²) in [5.41, 5.74) is 3.15. The molecule has 4 heteroatoms. The molecule has 4 rings (SSSR count). The number of allylic oxidation sites excluding steroid dienone is 3. The van der Waals surface area contributed by atoms with Gasteiger partial charge in [-0.1, -0.05) is 36.7 Å². The average molecular weight is 345 g/mol. The zero-order valence-corrected chi connectivity index (χ0v) is 15.6. The molecule has 0 amide bonds. The van der Waals surface area contributed by atoms with E-state index in [0.717, 1.165) is 37.8 Å². The van der Waals surface area contributed by atoms with Crippen LogP contribution < -0.4 is 0 Å². The fourth-order valence-electron chi connectivity index (χ4n) is 6.88. The number of aliphatic hydroxyl groups excluding tert-OH is 2. The van der Waals surface area contributed by atoms with Crippen LogP contribution in [0.5, 0.6) is 0 Å². The minimum Gasteiger partial charge on any atom is -0.411 e. The second-order valence-electron chi connectivity index (χ2n) is 9.23. The van der Waals surface area contributed by atoms with Crippen LogP contribution in [-0.2, 0) is 0 Å². The minimum absolute atomic E-state index is 0.0817. The summed E-state index contributed by atoms with van der Waals surface area (Å²) < 4.78 is 0. The molecule has 0 aromatic carbocycles. The minimum atomic E-state index is -0.450. The van der Waals surface area contributed by atoms with Crippen molar-refractivity contribution in [3.63, 3.8) is 0 Å². The number of nitrogens with zero attached hydrogens (tertiary/aromatic N) is 1. The molecule has 0 radical (unpaired) electrons. The van der Waals surface area contributed by atoms with E-state index in [1.165, 1.54) is 11.1 Å². The van der Waals surface area contributed by atoms with Gasteiger partial charge in [-0.05, 0) is 67.8 Å². The molecule has 0 aromatic heterocycles. The Kier molecular flexibility index (Phi) is 3.93. The van der Waals surface area contributed by atoms with E-state index in [2.05, 4.69) is 31.2 Å². The molecule has 0 bridgehead atoms. The highest BCUT2D eigenvalue weighted by Gasteiger charge is 2.59. The van der Waals surface area contributed by atoms with Gasteiger partial charge in [0, 0.05) is 11.8 Å². The van der Waals surface area contributed by atoms with Gasteiger partial charge in [-0.3, -0.25) is 0 Å². The fourth-order valence-corrected chi connectivity index (χ4v) is 6.88. The first-order valence-corrected chi connectivity index (χ1v) is 9.77. The lowest BCUT2D eigenvalue weighted by atomic mass is 9.46. The quantitative estimate of drug-likeness (QED) is 0.294. The van der Waals surface area contributed by atoms with Gasteiger partial charge < -0.3 is 15.4 Å². The van der Waals surface area contributed by atoms with E-state index in [0.29, 0.717) is 24.2 Å². The number of aliphatic hydroxyl groups is 2. The molecule has 0 unspecified atom stereocenters. The second kappa shape index (κ2) is 5.68. The Bertz CT molecular complexity index is 666. The molecule has 2 fully saturated rings. The van der Waals surface area contributed by atoms with E-state index in [9.17, 15) is 15.4 Å². The maximum absolute atomic E-state index is 10.9. The first-order chi connectivity index (χ1) is 11.8. The largest absolute Gasteiger partial charge is 0.411 e. The van der Waals surface area contributed by atoms with Crippen molar-refractivity contribution >= 4 is 5.71 Å². The van der Waals surface area contributed by atoms with Crippen LogP contribution in [0.2, 0.25) is 0 Å². The Morgan fingerprint density at radius 2 is 1.92 bits per heavy atom. The maximum atomic E-state index is 10.9. The summed E-state index contributed by atoms with van der Waals surface area (Å²) in [5.74, 6) is 1.58. The molecule has 0 aromatic rings. The van der Waals surface area contributed by atoms with E-state index in [1.807, 2.05) is 6.92 Å². The number of hydrogen-bond donors (Lipinski definition) is 3. The fraction of sp³-hybridized carbons (Fsp3) is 0.762. The summed E-state index contributed by atoms with van der Waals surface area (Å²) in [5, 5.41) is 33.7. The summed E-state index contributed by atoms with van der Waals surface area (Å²) in [6.07, 6.45) is 9.23. The van der Waals surface area contributed by atoms with Crippen molar-refractivity contribution in [2.24, 2.45) is 33.7 Å². The molecule has 0 aliphatic heterocycles. The molecule has 4 aliphatic carbocycles. The SMILES string of the molecule is C/C(=N\O)C1=CC[C@@H]2[C@H]3CC=C4C[C@H](O)C[C@H](O)[C@]4(C)[C@@H]3CC[C@]12C. The van der Waals surface area contributed by atoms with Crippen molar-refractivity contribution in [3.05, 3.63) is 23.3 Å². The summed E-state index contributed by atoms with van der Waals surface area (Å²) in [6, 6.07) is 0. The van der Waals surface area contributed by atoms with Crippen LogP contribution in [-0.4, -0.2) is 33.3 Å². The highest BCUT2D eigenvalue weighted by Crippen LogP contribution is 2.65. The van der Waals surface area contributed by atoms with E-state index in [-0.39, 0.29) is 10.8 Å². The smallest absolute Gasteiger partial charge is 0.0799 e. The number of hydrogen-bond acceptors (Lipinski definition) is 4. The van der Waals surface area contributed by atoms with Gasteiger partial charge in [-0.15, -0.1) is 0 Å². The van der Waals surface area contributed by atoms with Crippen LogP contribution in [0.25, 0.3) is 0 Å². The van der Waals surface area contributed by atoms with Gasteiger partial charge in [0.2, 0.25) is 0 Å². The topological polar surface area (TPSA) is 73.1 Å². The zero-order valence-electron chi connectivity index (χ0n) is 15.6. The van der Waals surface area contributed by atoms with Gasteiger partial charge >= 0.3 is 0 Å². The van der Waals surface area contributed by atoms with Gasteiger partial charge in [0.15, 0.2) is 0 Å². The summed E-state index contributed by atoms with van der Waals surface area (Å²) in [6.45, 7) is 6.47. The third-order valence-corrected chi connectivity index (χ3v) is 8.30. The third-order valence-electron chi connectivity index (χ3n) is 8.30. The van der Waals surface area contributed by atoms with E-state index in [1.54, 1.807) is 0 Å². The first-order valence-electron chi connectivity index (χ1n) is 9.77. The Hall–Kier alpha value is -1.13. The van der Waals surface area contributed by atoms with Crippen LogP contribution in [0.4, 0.5) is 0 Å². The van der Waals surface area contributed by atoms with Gasteiger partial charge in [-0.25, -0.2) is 0 Å². The third kappa shape index (κ3) is 2.23. The summed E-state index contributed by atoms with van der Waals surface area (Å²) >= 11 is 0. The van der Waals surface area contributed by atoms with Crippen molar-refractivity contribution in [2.75, 3.05) is 0 Å². The lowest BCUT2D eigenvalue weighted by Gasteiger charge is -2.59. The first kappa shape index (κ1) is 17.3. The molecular formula is C21H31NO3. The van der Waals surface area contributed by atoms with Gasteiger partial charge in [0.1, 0.15) is 0 Å². The maximum Gasteiger partial charge on any atom is 0.0799 e. The van der Waals surface area contributed by atoms with Crippen molar-refractivity contribution < 1.29 is 15.4 Å². The number of fused-ring (bicyclic) bond motifs is 5. The lowest BCUT2D eigenvalue weighted by Crippen LogP contribution is -2.55. The Morgan fingerprint density at radius 1 is 1.16 bits per heavy atom. The van der Waals surface area contributed by atoms with Crippen molar-refractivity contribution in [1.29, 1.82) is 0 Å². The second-order valence-corrected chi connectivity index (χ2v) is 9.23. The van der Waals surface area contributed by atoms with Crippen LogP contribution in [0.15, 0.2) is 28.5 Å². The van der Waals surface area contributed by atoms with Gasteiger partial charge in [0.25, 0.3) is 0 Å². The van der Waals surface area contributed by atoms with Crippen molar-refractivity contribution in [3.8, 4) is 0 Å². The van der Waals surface area contributed by atoms with E-state index in [4.69, 9.17) is 0 Å². The average Bonchev–Trinajstić information content (AvgIpc) is 2.93. The summed E-state index contributed by atoms with van der Waals surface area (Å²) in [4.78, 5) is 0. The van der Waals surface area contributed by atoms with Gasteiger partial charge in [0.05, 0.1) is 17.9 Å². The van der Waals surface area contributed by atoms with Crippen LogP contribution in [0, 0.1) is 28.6 Å². The normalized spacial score (nSPS) is 49.6.